The van der Waals surface area contributed by atoms with E-state index in [1.807, 2.05) is 18.2 Å². The number of ether oxygens (including phenoxy) is 1. The lowest BCUT2D eigenvalue weighted by molar-refractivity contribution is 0.0850. The molecule has 0 bridgehead atoms. The largest absolute Gasteiger partial charge is 0.491 e. The fourth-order valence-corrected chi connectivity index (χ4v) is 3.22. The Morgan fingerprint density at radius 1 is 1.14 bits per heavy atom. The highest BCUT2D eigenvalue weighted by Gasteiger charge is 2.21. The molecule has 116 valence electrons. The smallest absolute Gasteiger partial charge is 0.123 e. The summed E-state index contributed by atoms with van der Waals surface area (Å²) in [6.07, 6.45) is 8.35. The van der Waals surface area contributed by atoms with Gasteiger partial charge in [0.2, 0.25) is 0 Å². The molecule has 1 aromatic carbocycles. The van der Waals surface area contributed by atoms with Crippen molar-refractivity contribution in [3.05, 3.63) is 29.8 Å². The van der Waals surface area contributed by atoms with Crippen LogP contribution in [0.25, 0.3) is 0 Å². The van der Waals surface area contributed by atoms with Gasteiger partial charge in [-0.15, -0.1) is 0 Å². The first-order valence-electron chi connectivity index (χ1n) is 8.43. The lowest BCUT2D eigenvalue weighted by atomic mass is 10.0. The van der Waals surface area contributed by atoms with Crippen LogP contribution in [0.1, 0.15) is 50.5 Å². The average Bonchev–Trinajstić information content (AvgIpc) is 3.20. The van der Waals surface area contributed by atoms with E-state index >= 15 is 0 Å². The molecule has 0 aliphatic heterocycles. The second-order valence-corrected chi connectivity index (χ2v) is 6.61. The summed E-state index contributed by atoms with van der Waals surface area (Å²) >= 11 is 0. The fourth-order valence-electron chi connectivity index (χ4n) is 3.22. The zero-order valence-corrected chi connectivity index (χ0v) is 12.8. The molecule has 0 amide bonds. The standard InChI is InChI=1S/C18H27NO2/c20-17(11-14-5-1-2-6-14)13-21-18-8-4-3-7-15(18)12-19-16-9-10-16/h3-4,7-8,14,16-17,19-20H,1-2,5-6,9-13H2. The third kappa shape index (κ3) is 4.72. The number of nitrogens with one attached hydrogen (secondary N) is 1. The first-order chi connectivity index (χ1) is 10.3. The van der Waals surface area contributed by atoms with Crippen LogP contribution in [-0.2, 0) is 6.54 Å². The Labute approximate surface area is 127 Å². The third-order valence-electron chi connectivity index (χ3n) is 4.64. The van der Waals surface area contributed by atoms with Crippen molar-refractivity contribution in [3.63, 3.8) is 0 Å². The van der Waals surface area contributed by atoms with Gasteiger partial charge in [0.25, 0.3) is 0 Å². The van der Waals surface area contributed by atoms with Crippen LogP contribution < -0.4 is 10.1 Å². The van der Waals surface area contributed by atoms with E-state index < -0.39 is 0 Å². The molecule has 2 N–H and O–H groups in total. The zero-order valence-electron chi connectivity index (χ0n) is 12.8. The highest BCUT2D eigenvalue weighted by atomic mass is 16.5. The molecule has 1 aromatic rings. The number of aliphatic hydroxyl groups is 1. The molecule has 0 spiro atoms. The van der Waals surface area contributed by atoms with Crippen LogP contribution in [0.5, 0.6) is 5.75 Å². The molecule has 0 saturated heterocycles. The van der Waals surface area contributed by atoms with Crippen LogP contribution >= 0.6 is 0 Å². The molecule has 0 aromatic heterocycles. The van der Waals surface area contributed by atoms with Gasteiger partial charge in [-0.3, -0.25) is 0 Å². The number of hydrogen-bond acceptors (Lipinski definition) is 3. The van der Waals surface area contributed by atoms with Gasteiger partial charge in [-0.05, 0) is 31.2 Å². The molecule has 2 aliphatic rings. The maximum atomic E-state index is 10.1. The summed E-state index contributed by atoms with van der Waals surface area (Å²) in [6, 6.07) is 8.86. The van der Waals surface area contributed by atoms with Gasteiger partial charge in [-0.2, -0.15) is 0 Å². The van der Waals surface area contributed by atoms with Crippen LogP contribution in [0.15, 0.2) is 24.3 Å². The van der Waals surface area contributed by atoms with E-state index in [0.29, 0.717) is 18.6 Å². The Bertz CT molecular complexity index is 439. The number of aliphatic hydroxyl groups excluding tert-OH is 1. The highest BCUT2D eigenvalue weighted by molar-refractivity contribution is 5.33. The molecule has 2 aliphatic carbocycles. The summed E-state index contributed by atoms with van der Waals surface area (Å²) in [7, 11) is 0. The van der Waals surface area contributed by atoms with Crippen LogP contribution in [0.3, 0.4) is 0 Å². The van der Waals surface area contributed by atoms with Crippen molar-refractivity contribution in [2.24, 2.45) is 5.92 Å². The SMILES string of the molecule is OC(COc1ccccc1CNC1CC1)CC1CCCC1. The van der Waals surface area contributed by atoms with E-state index in [0.717, 1.165) is 18.7 Å². The van der Waals surface area contributed by atoms with E-state index in [9.17, 15) is 5.11 Å². The molecule has 0 heterocycles. The van der Waals surface area contributed by atoms with Gasteiger partial charge in [-0.25, -0.2) is 0 Å². The lowest BCUT2D eigenvalue weighted by Gasteiger charge is -2.17. The topological polar surface area (TPSA) is 41.5 Å². The van der Waals surface area contributed by atoms with Crippen LogP contribution in [0, 0.1) is 5.92 Å². The van der Waals surface area contributed by atoms with E-state index in [4.69, 9.17) is 4.74 Å². The van der Waals surface area contributed by atoms with E-state index in [2.05, 4.69) is 11.4 Å². The van der Waals surface area contributed by atoms with Gasteiger partial charge in [-0.1, -0.05) is 43.9 Å². The Balaban J connectivity index is 1.46. The van der Waals surface area contributed by atoms with Crippen LogP contribution in [0.4, 0.5) is 0 Å². The molecule has 1 unspecified atom stereocenters. The van der Waals surface area contributed by atoms with Crippen LogP contribution in [-0.4, -0.2) is 23.9 Å². The normalized spacial score (nSPS) is 20.6. The Morgan fingerprint density at radius 2 is 1.90 bits per heavy atom. The summed E-state index contributed by atoms with van der Waals surface area (Å²) in [5, 5.41) is 13.7. The Hall–Kier alpha value is -1.06. The van der Waals surface area contributed by atoms with Crippen molar-refractivity contribution in [3.8, 4) is 5.75 Å². The van der Waals surface area contributed by atoms with Crippen LogP contribution in [0.2, 0.25) is 0 Å². The molecular weight excluding hydrogens is 262 g/mol. The molecule has 0 radical (unpaired) electrons. The average molecular weight is 289 g/mol. The van der Waals surface area contributed by atoms with Crippen molar-refractivity contribution >= 4 is 0 Å². The first kappa shape index (κ1) is 14.9. The van der Waals surface area contributed by atoms with Crippen molar-refractivity contribution in [1.82, 2.24) is 5.32 Å². The first-order valence-corrected chi connectivity index (χ1v) is 8.43. The zero-order chi connectivity index (χ0) is 14.5. The van der Waals surface area contributed by atoms with Gasteiger partial charge in [0.15, 0.2) is 0 Å². The number of hydrogen-bond donors (Lipinski definition) is 2. The predicted molar refractivity (Wildman–Crippen MR) is 84.4 cm³/mol. The van der Waals surface area contributed by atoms with Crippen molar-refractivity contribution in [2.45, 2.75) is 63.6 Å². The number of benzene rings is 1. The van der Waals surface area contributed by atoms with Crippen molar-refractivity contribution < 1.29 is 9.84 Å². The minimum atomic E-state index is -0.336. The van der Waals surface area contributed by atoms with E-state index in [1.165, 1.54) is 44.1 Å². The molecule has 3 nitrogen and oxygen atoms in total. The molecule has 21 heavy (non-hydrogen) atoms. The second kappa shape index (κ2) is 7.28. The van der Waals surface area contributed by atoms with Crippen molar-refractivity contribution in [2.75, 3.05) is 6.61 Å². The molecule has 3 heteroatoms. The maximum absolute atomic E-state index is 10.1. The van der Waals surface area contributed by atoms with E-state index in [-0.39, 0.29) is 6.10 Å². The second-order valence-electron chi connectivity index (χ2n) is 6.61. The Kier molecular flexibility index (Phi) is 5.15. The maximum Gasteiger partial charge on any atom is 0.123 e. The Morgan fingerprint density at radius 3 is 2.67 bits per heavy atom. The van der Waals surface area contributed by atoms with E-state index in [1.54, 1.807) is 0 Å². The minimum Gasteiger partial charge on any atom is -0.491 e. The summed E-state index contributed by atoms with van der Waals surface area (Å²) in [4.78, 5) is 0. The van der Waals surface area contributed by atoms with Gasteiger partial charge < -0.3 is 15.2 Å². The molecule has 1 atom stereocenters. The molecule has 2 saturated carbocycles. The summed E-state index contributed by atoms with van der Waals surface area (Å²) < 4.78 is 5.87. The molecular formula is C18H27NO2. The van der Waals surface area contributed by atoms with Gasteiger partial charge in [0.1, 0.15) is 12.4 Å². The van der Waals surface area contributed by atoms with Gasteiger partial charge in [0.05, 0.1) is 6.10 Å². The highest BCUT2D eigenvalue weighted by Crippen LogP contribution is 2.29. The summed E-state index contributed by atoms with van der Waals surface area (Å²) in [5.41, 5.74) is 1.19. The lowest BCUT2D eigenvalue weighted by Crippen LogP contribution is -2.21. The molecule has 3 rings (SSSR count). The monoisotopic (exact) mass is 289 g/mol. The summed E-state index contributed by atoms with van der Waals surface area (Å²) in [6.45, 7) is 1.27. The third-order valence-corrected chi connectivity index (χ3v) is 4.64. The van der Waals surface area contributed by atoms with Gasteiger partial charge >= 0.3 is 0 Å². The number of rotatable bonds is 8. The molecule has 2 fully saturated rings. The summed E-state index contributed by atoms with van der Waals surface area (Å²) in [5.74, 6) is 1.62. The quantitative estimate of drug-likeness (QED) is 0.772. The van der Waals surface area contributed by atoms with Gasteiger partial charge in [0, 0.05) is 18.2 Å². The minimum absolute atomic E-state index is 0.336. The fraction of sp³-hybridized carbons (Fsp3) is 0.667. The number of para-hydroxylation sites is 1. The predicted octanol–water partition coefficient (Wildman–Crippen LogP) is 3.26. The van der Waals surface area contributed by atoms with Crippen molar-refractivity contribution in [1.29, 1.82) is 0 Å².